The van der Waals surface area contributed by atoms with Crippen LogP contribution >= 0.6 is 0 Å². The minimum Gasteiger partial charge on any atom is -0.363 e. The average molecular weight is 289 g/mol. The fourth-order valence-corrected chi connectivity index (χ4v) is 3.73. The van der Waals surface area contributed by atoms with E-state index < -0.39 is 0 Å². The Kier molecular flexibility index (Phi) is 4.18. The molecule has 0 aliphatic carbocycles. The molecule has 0 saturated carbocycles. The van der Waals surface area contributed by atoms with E-state index in [0.717, 1.165) is 48.5 Å². The third-order valence-electron chi connectivity index (χ3n) is 5.26. The minimum absolute atomic E-state index is 0.186. The summed E-state index contributed by atoms with van der Waals surface area (Å²) in [6, 6.07) is 1.46. The van der Waals surface area contributed by atoms with Crippen LogP contribution in [-0.4, -0.2) is 46.5 Å². The van der Waals surface area contributed by atoms with Crippen LogP contribution in [0.3, 0.4) is 0 Å². The van der Waals surface area contributed by atoms with Gasteiger partial charge in [0, 0.05) is 54.7 Å². The Bertz CT molecular complexity index is 560. The Hall–Kier alpha value is -1.13. The third kappa shape index (κ3) is 2.92. The number of H-pyrrole nitrogens is 1. The predicted octanol–water partition coefficient (Wildman–Crippen LogP) is 2.05. The largest absolute Gasteiger partial charge is 0.363 e. The maximum Gasteiger partial charge on any atom is 0.187 e. The van der Waals surface area contributed by atoms with Crippen molar-refractivity contribution in [2.24, 2.45) is 0 Å². The van der Waals surface area contributed by atoms with E-state index in [1.54, 1.807) is 0 Å². The molecule has 21 heavy (non-hydrogen) atoms. The number of pyridine rings is 1. The molecule has 2 fully saturated rings. The fourth-order valence-electron chi connectivity index (χ4n) is 3.73. The van der Waals surface area contributed by atoms with Crippen molar-refractivity contribution < 1.29 is 0 Å². The van der Waals surface area contributed by atoms with Gasteiger partial charge in [-0.3, -0.25) is 14.6 Å². The van der Waals surface area contributed by atoms with E-state index >= 15 is 0 Å². The summed E-state index contributed by atoms with van der Waals surface area (Å²) in [4.78, 5) is 20.4. The number of piperidine rings is 1. The smallest absolute Gasteiger partial charge is 0.187 e. The van der Waals surface area contributed by atoms with Crippen molar-refractivity contribution >= 4 is 0 Å². The lowest BCUT2D eigenvalue weighted by Crippen LogP contribution is -2.61. The van der Waals surface area contributed by atoms with Gasteiger partial charge < -0.3 is 4.98 Å². The van der Waals surface area contributed by atoms with E-state index in [9.17, 15) is 4.79 Å². The highest BCUT2D eigenvalue weighted by Crippen LogP contribution is 2.25. The number of rotatable bonds is 3. The first-order chi connectivity index (χ1) is 10.1. The molecule has 4 nitrogen and oxygen atoms in total. The standard InChI is InChI=1S/C17H27N3O/c1-12-8-18-16(14(3)17(12)21)11-19-9-15(10-19)20-7-5-4-6-13(20)2/h8,13,15H,4-7,9-11H2,1-3H3,(H,18,21). The molecule has 0 aromatic carbocycles. The molecule has 0 amide bonds. The van der Waals surface area contributed by atoms with E-state index in [2.05, 4.69) is 21.7 Å². The van der Waals surface area contributed by atoms with E-state index in [-0.39, 0.29) is 5.43 Å². The van der Waals surface area contributed by atoms with Crippen LogP contribution in [-0.2, 0) is 6.54 Å². The van der Waals surface area contributed by atoms with Gasteiger partial charge in [-0.1, -0.05) is 6.42 Å². The number of hydrogen-bond donors (Lipinski definition) is 1. The lowest BCUT2D eigenvalue weighted by molar-refractivity contribution is -0.00684. The number of aromatic nitrogens is 1. The van der Waals surface area contributed by atoms with Gasteiger partial charge in [0.25, 0.3) is 0 Å². The molecule has 1 N–H and O–H groups in total. The number of hydrogen-bond acceptors (Lipinski definition) is 3. The van der Waals surface area contributed by atoms with Gasteiger partial charge in [0.15, 0.2) is 5.43 Å². The first kappa shape index (κ1) is 14.8. The molecule has 3 heterocycles. The molecule has 1 aromatic heterocycles. The number of likely N-dealkylation sites (tertiary alicyclic amines) is 2. The van der Waals surface area contributed by atoms with Gasteiger partial charge >= 0.3 is 0 Å². The molecule has 116 valence electrons. The molecule has 3 rings (SSSR count). The molecule has 1 unspecified atom stereocenters. The fraction of sp³-hybridized carbons (Fsp3) is 0.706. The van der Waals surface area contributed by atoms with Crippen LogP contribution in [0.15, 0.2) is 11.0 Å². The zero-order chi connectivity index (χ0) is 15.0. The zero-order valence-corrected chi connectivity index (χ0v) is 13.5. The second kappa shape index (κ2) is 5.93. The molecule has 2 aliphatic rings. The van der Waals surface area contributed by atoms with Crippen molar-refractivity contribution in [3.8, 4) is 0 Å². The van der Waals surface area contributed by atoms with Gasteiger partial charge in [-0.2, -0.15) is 0 Å². The van der Waals surface area contributed by atoms with Crippen molar-refractivity contribution in [2.75, 3.05) is 19.6 Å². The average Bonchev–Trinajstić information content (AvgIpc) is 2.43. The SMILES string of the molecule is Cc1c[nH]c(CN2CC(N3CCCCC3C)C2)c(C)c1=O. The van der Waals surface area contributed by atoms with Gasteiger partial charge in [-0.25, -0.2) is 0 Å². The first-order valence-electron chi connectivity index (χ1n) is 8.22. The van der Waals surface area contributed by atoms with Crippen molar-refractivity contribution in [3.63, 3.8) is 0 Å². The molecule has 0 radical (unpaired) electrons. The topological polar surface area (TPSA) is 39.3 Å². The van der Waals surface area contributed by atoms with Crippen LogP contribution in [0.25, 0.3) is 0 Å². The van der Waals surface area contributed by atoms with Crippen LogP contribution in [0.5, 0.6) is 0 Å². The predicted molar refractivity (Wildman–Crippen MR) is 85.6 cm³/mol. The summed E-state index contributed by atoms with van der Waals surface area (Å²) in [5.74, 6) is 0. The van der Waals surface area contributed by atoms with Crippen molar-refractivity contribution in [2.45, 2.75) is 58.7 Å². The van der Waals surface area contributed by atoms with E-state index in [0.29, 0.717) is 0 Å². The Morgan fingerprint density at radius 2 is 2.05 bits per heavy atom. The molecule has 4 heteroatoms. The number of nitrogens with one attached hydrogen (secondary N) is 1. The maximum absolute atomic E-state index is 12.0. The van der Waals surface area contributed by atoms with E-state index in [4.69, 9.17) is 0 Å². The summed E-state index contributed by atoms with van der Waals surface area (Å²) >= 11 is 0. The zero-order valence-electron chi connectivity index (χ0n) is 13.5. The summed E-state index contributed by atoms with van der Waals surface area (Å²) in [6.07, 6.45) is 5.93. The van der Waals surface area contributed by atoms with Gasteiger partial charge in [0.2, 0.25) is 0 Å². The van der Waals surface area contributed by atoms with Crippen LogP contribution < -0.4 is 5.43 Å². The third-order valence-corrected chi connectivity index (χ3v) is 5.26. The summed E-state index contributed by atoms with van der Waals surface area (Å²) in [7, 11) is 0. The van der Waals surface area contributed by atoms with E-state index in [1.165, 1.54) is 25.8 Å². The van der Waals surface area contributed by atoms with Crippen molar-refractivity contribution in [3.05, 3.63) is 33.2 Å². The van der Waals surface area contributed by atoms with Crippen LogP contribution in [0.4, 0.5) is 0 Å². The highest BCUT2D eigenvalue weighted by Gasteiger charge is 2.35. The molecule has 2 saturated heterocycles. The highest BCUT2D eigenvalue weighted by atomic mass is 16.1. The van der Waals surface area contributed by atoms with Crippen molar-refractivity contribution in [1.29, 1.82) is 0 Å². The number of aromatic amines is 1. The van der Waals surface area contributed by atoms with Crippen LogP contribution in [0.2, 0.25) is 0 Å². The highest BCUT2D eigenvalue weighted by molar-refractivity contribution is 5.23. The second-order valence-corrected chi connectivity index (χ2v) is 6.83. The quantitative estimate of drug-likeness (QED) is 0.925. The van der Waals surface area contributed by atoms with Crippen LogP contribution in [0, 0.1) is 13.8 Å². The Morgan fingerprint density at radius 3 is 2.76 bits per heavy atom. The summed E-state index contributed by atoms with van der Waals surface area (Å²) in [5.41, 5.74) is 2.95. The Morgan fingerprint density at radius 1 is 1.29 bits per heavy atom. The molecule has 0 bridgehead atoms. The Labute approximate surface area is 127 Å². The van der Waals surface area contributed by atoms with Gasteiger partial charge in [0.05, 0.1) is 0 Å². The monoisotopic (exact) mass is 289 g/mol. The lowest BCUT2D eigenvalue weighted by atomic mass is 9.97. The molecule has 0 spiro atoms. The maximum atomic E-state index is 12.0. The first-order valence-corrected chi connectivity index (χ1v) is 8.22. The van der Waals surface area contributed by atoms with Crippen molar-refractivity contribution in [1.82, 2.24) is 14.8 Å². The van der Waals surface area contributed by atoms with Gasteiger partial charge in [-0.15, -0.1) is 0 Å². The minimum atomic E-state index is 0.186. The lowest BCUT2D eigenvalue weighted by Gasteiger charge is -2.49. The van der Waals surface area contributed by atoms with E-state index in [1.807, 2.05) is 20.0 Å². The van der Waals surface area contributed by atoms with Gasteiger partial charge in [0.1, 0.15) is 0 Å². The summed E-state index contributed by atoms with van der Waals surface area (Å²) < 4.78 is 0. The normalized spacial score (nSPS) is 25.0. The van der Waals surface area contributed by atoms with Crippen LogP contribution in [0.1, 0.15) is 43.0 Å². The Balaban J connectivity index is 1.58. The second-order valence-electron chi connectivity index (χ2n) is 6.83. The summed E-state index contributed by atoms with van der Waals surface area (Å²) in [5, 5.41) is 0. The molecular weight excluding hydrogens is 262 g/mol. The molecule has 1 aromatic rings. The number of nitrogens with zero attached hydrogens (tertiary/aromatic N) is 2. The summed E-state index contributed by atoms with van der Waals surface area (Å²) in [6.45, 7) is 10.6. The number of aryl methyl sites for hydroxylation is 1. The molecule has 2 aliphatic heterocycles. The van der Waals surface area contributed by atoms with Gasteiger partial charge in [-0.05, 0) is 40.2 Å². The molecular formula is C17H27N3O. The molecule has 1 atom stereocenters.